The minimum absolute atomic E-state index is 0.196. The van der Waals surface area contributed by atoms with Crippen LogP contribution in [0.1, 0.15) is 36.1 Å². The van der Waals surface area contributed by atoms with Crippen LogP contribution in [-0.4, -0.2) is 5.11 Å². The normalized spacial score (nSPS) is 11.8. The lowest BCUT2D eigenvalue weighted by molar-refractivity contribution is 0.625. The van der Waals surface area contributed by atoms with Gasteiger partial charge in [-0.2, -0.15) is 0 Å². The van der Waals surface area contributed by atoms with Gasteiger partial charge in [0.25, 0.3) is 0 Å². The number of thiocarbonyl (C=S) groups is 1. The lowest BCUT2D eigenvalue weighted by atomic mass is 10.00. The van der Waals surface area contributed by atoms with E-state index in [1.165, 1.54) is 11.1 Å². The molecule has 116 valence electrons. The highest BCUT2D eigenvalue weighted by Gasteiger charge is 2.12. The predicted molar refractivity (Wildman–Crippen MR) is 99.8 cm³/mol. The van der Waals surface area contributed by atoms with Crippen LogP contribution in [0.25, 0.3) is 0 Å². The highest BCUT2D eigenvalue weighted by Crippen LogP contribution is 2.22. The minimum atomic E-state index is 0.196. The van der Waals surface area contributed by atoms with Crippen molar-refractivity contribution < 1.29 is 0 Å². The van der Waals surface area contributed by atoms with Crippen LogP contribution in [0.2, 0.25) is 5.02 Å². The lowest BCUT2D eigenvalue weighted by Crippen LogP contribution is -2.32. The summed E-state index contributed by atoms with van der Waals surface area (Å²) in [4.78, 5) is 0. The van der Waals surface area contributed by atoms with Gasteiger partial charge in [0.2, 0.25) is 0 Å². The summed E-state index contributed by atoms with van der Waals surface area (Å²) in [6.45, 7) is 6.25. The van der Waals surface area contributed by atoms with Gasteiger partial charge in [0.05, 0.1) is 6.04 Å². The Hall–Kier alpha value is -1.58. The minimum Gasteiger partial charge on any atom is -0.356 e. The van der Waals surface area contributed by atoms with Crippen molar-refractivity contribution >= 4 is 34.6 Å². The zero-order valence-corrected chi connectivity index (χ0v) is 14.7. The first kappa shape index (κ1) is 16.8. The molecule has 4 heteroatoms. The second-order valence-electron chi connectivity index (χ2n) is 5.38. The van der Waals surface area contributed by atoms with Crippen molar-refractivity contribution in [3.05, 3.63) is 64.2 Å². The average Bonchev–Trinajstić information content (AvgIpc) is 2.49. The molecule has 2 nitrogen and oxygen atoms in total. The Balaban J connectivity index is 2.06. The van der Waals surface area contributed by atoms with Crippen LogP contribution < -0.4 is 10.6 Å². The van der Waals surface area contributed by atoms with Gasteiger partial charge < -0.3 is 10.6 Å². The van der Waals surface area contributed by atoms with Gasteiger partial charge in [-0.1, -0.05) is 48.9 Å². The SMILES string of the molecule is CC[C@@H](NC(=S)Nc1ccc(C)c(Cl)c1)c1ccccc1C. The topological polar surface area (TPSA) is 24.1 Å². The van der Waals surface area contributed by atoms with Crippen LogP contribution >= 0.6 is 23.8 Å². The third kappa shape index (κ3) is 4.21. The molecule has 0 amide bonds. The summed E-state index contributed by atoms with van der Waals surface area (Å²) in [7, 11) is 0. The van der Waals surface area contributed by atoms with E-state index in [2.05, 4.69) is 48.7 Å². The summed E-state index contributed by atoms with van der Waals surface area (Å²) < 4.78 is 0. The van der Waals surface area contributed by atoms with Gasteiger partial charge in [0, 0.05) is 10.7 Å². The van der Waals surface area contributed by atoms with Crippen LogP contribution in [0.3, 0.4) is 0 Å². The lowest BCUT2D eigenvalue weighted by Gasteiger charge is -2.21. The Morgan fingerprint density at radius 3 is 2.50 bits per heavy atom. The van der Waals surface area contributed by atoms with Gasteiger partial charge >= 0.3 is 0 Å². The van der Waals surface area contributed by atoms with Gasteiger partial charge in [-0.15, -0.1) is 0 Å². The molecule has 0 aromatic heterocycles. The number of rotatable bonds is 4. The Labute approximate surface area is 142 Å². The Kier molecular flexibility index (Phi) is 5.81. The summed E-state index contributed by atoms with van der Waals surface area (Å²) >= 11 is 11.6. The van der Waals surface area contributed by atoms with E-state index in [-0.39, 0.29) is 6.04 Å². The van der Waals surface area contributed by atoms with E-state index in [9.17, 15) is 0 Å². The van der Waals surface area contributed by atoms with Crippen LogP contribution in [0.5, 0.6) is 0 Å². The first-order valence-corrected chi connectivity index (χ1v) is 8.19. The van der Waals surface area contributed by atoms with Gasteiger partial charge in [-0.3, -0.25) is 0 Å². The number of anilines is 1. The first-order chi connectivity index (χ1) is 10.5. The predicted octanol–water partition coefficient (Wildman–Crippen LogP) is 5.39. The van der Waals surface area contributed by atoms with E-state index < -0.39 is 0 Å². The van der Waals surface area contributed by atoms with Gasteiger partial charge in [0.15, 0.2) is 5.11 Å². The molecule has 2 N–H and O–H groups in total. The number of benzene rings is 2. The quantitative estimate of drug-likeness (QED) is 0.733. The second-order valence-corrected chi connectivity index (χ2v) is 6.20. The van der Waals surface area contributed by atoms with Crippen molar-refractivity contribution in [3.63, 3.8) is 0 Å². The molecule has 0 aliphatic heterocycles. The smallest absolute Gasteiger partial charge is 0.171 e. The Morgan fingerprint density at radius 1 is 1.14 bits per heavy atom. The molecule has 22 heavy (non-hydrogen) atoms. The molecule has 0 bridgehead atoms. The van der Waals surface area contributed by atoms with Crippen molar-refractivity contribution in [2.75, 3.05) is 5.32 Å². The molecule has 1 atom stereocenters. The molecule has 0 spiro atoms. The maximum atomic E-state index is 6.14. The van der Waals surface area contributed by atoms with Crippen LogP contribution in [0.4, 0.5) is 5.69 Å². The summed E-state index contributed by atoms with van der Waals surface area (Å²) in [6.07, 6.45) is 0.960. The van der Waals surface area contributed by atoms with E-state index in [1.807, 2.05) is 25.1 Å². The van der Waals surface area contributed by atoms with Gasteiger partial charge in [-0.25, -0.2) is 0 Å². The van der Waals surface area contributed by atoms with Crippen molar-refractivity contribution in [2.45, 2.75) is 33.2 Å². The highest BCUT2D eigenvalue weighted by atomic mass is 35.5. The molecule has 0 saturated carbocycles. The largest absolute Gasteiger partial charge is 0.356 e. The fraction of sp³-hybridized carbons (Fsp3) is 0.278. The number of hydrogen-bond acceptors (Lipinski definition) is 1. The third-order valence-corrected chi connectivity index (χ3v) is 4.33. The van der Waals surface area contributed by atoms with E-state index >= 15 is 0 Å². The van der Waals surface area contributed by atoms with E-state index in [4.69, 9.17) is 23.8 Å². The van der Waals surface area contributed by atoms with E-state index in [0.717, 1.165) is 22.7 Å². The van der Waals surface area contributed by atoms with E-state index in [1.54, 1.807) is 0 Å². The molecule has 0 heterocycles. The number of nitrogens with one attached hydrogen (secondary N) is 2. The monoisotopic (exact) mass is 332 g/mol. The molecule has 0 fully saturated rings. The zero-order valence-electron chi connectivity index (χ0n) is 13.1. The number of halogens is 1. The van der Waals surface area contributed by atoms with Crippen molar-refractivity contribution in [3.8, 4) is 0 Å². The number of hydrogen-bond donors (Lipinski definition) is 2. The third-order valence-electron chi connectivity index (χ3n) is 3.71. The Morgan fingerprint density at radius 2 is 1.86 bits per heavy atom. The molecular weight excluding hydrogens is 312 g/mol. The highest BCUT2D eigenvalue weighted by molar-refractivity contribution is 7.80. The molecule has 0 unspecified atom stereocenters. The maximum absolute atomic E-state index is 6.14. The zero-order chi connectivity index (χ0) is 16.1. The second kappa shape index (κ2) is 7.61. The summed E-state index contributed by atoms with van der Waals surface area (Å²) in [5.74, 6) is 0. The van der Waals surface area contributed by atoms with Crippen LogP contribution in [0, 0.1) is 13.8 Å². The molecular formula is C18H21ClN2S. The summed E-state index contributed by atoms with van der Waals surface area (Å²) in [6, 6.07) is 14.4. The molecule has 0 aliphatic rings. The fourth-order valence-corrected chi connectivity index (χ4v) is 2.81. The van der Waals surface area contributed by atoms with Crippen molar-refractivity contribution in [2.24, 2.45) is 0 Å². The fourth-order valence-electron chi connectivity index (χ4n) is 2.37. The molecule has 0 radical (unpaired) electrons. The first-order valence-electron chi connectivity index (χ1n) is 7.40. The molecule has 0 aliphatic carbocycles. The van der Waals surface area contributed by atoms with E-state index in [0.29, 0.717) is 5.11 Å². The summed E-state index contributed by atoms with van der Waals surface area (Å²) in [5, 5.41) is 7.92. The number of aryl methyl sites for hydroxylation is 2. The average molecular weight is 333 g/mol. The standard InChI is InChI=1S/C18H21ClN2S/c1-4-17(15-8-6-5-7-12(15)2)21-18(22)20-14-10-9-13(3)16(19)11-14/h5-11,17H,4H2,1-3H3,(H2,20,21,22)/t17-/m1/s1. The van der Waals surface area contributed by atoms with Gasteiger partial charge in [-0.05, 0) is 61.3 Å². The van der Waals surface area contributed by atoms with Crippen molar-refractivity contribution in [1.29, 1.82) is 0 Å². The van der Waals surface area contributed by atoms with Crippen molar-refractivity contribution in [1.82, 2.24) is 5.32 Å². The van der Waals surface area contributed by atoms with Crippen LogP contribution in [0.15, 0.2) is 42.5 Å². The molecule has 2 rings (SSSR count). The summed E-state index contributed by atoms with van der Waals surface area (Å²) in [5.41, 5.74) is 4.49. The molecule has 0 saturated heterocycles. The van der Waals surface area contributed by atoms with Crippen LogP contribution in [-0.2, 0) is 0 Å². The molecule has 2 aromatic rings. The van der Waals surface area contributed by atoms with Gasteiger partial charge in [0.1, 0.15) is 0 Å². The Bertz CT molecular complexity index is 670. The molecule has 2 aromatic carbocycles. The maximum Gasteiger partial charge on any atom is 0.171 e.